The van der Waals surface area contributed by atoms with Crippen LogP contribution in [-0.2, 0) is 19.2 Å². The van der Waals surface area contributed by atoms with Crippen LogP contribution in [0.2, 0.25) is 0 Å². The Morgan fingerprint density at radius 2 is 1.00 bits per heavy atom. The average molecular weight is 557 g/mol. The van der Waals surface area contributed by atoms with Crippen LogP contribution in [0.5, 0.6) is 0 Å². The van der Waals surface area contributed by atoms with Gasteiger partial charge < -0.3 is 20.4 Å². The maximum absolute atomic E-state index is 9.55. The molecule has 2 aliphatic heterocycles. The van der Waals surface area contributed by atoms with Gasteiger partial charge in [0.25, 0.3) is 0 Å². The van der Waals surface area contributed by atoms with Crippen molar-refractivity contribution in [3.63, 3.8) is 0 Å². The maximum atomic E-state index is 9.55. The second-order valence-corrected chi connectivity index (χ2v) is 8.87. The van der Waals surface area contributed by atoms with E-state index in [-0.39, 0.29) is 0 Å². The van der Waals surface area contributed by atoms with Gasteiger partial charge in [-0.25, -0.2) is 19.2 Å². The Labute approximate surface area is 232 Å². The molecular weight excluding hydrogens is 520 g/mol. The molecule has 0 amide bonds. The van der Waals surface area contributed by atoms with Crippen LogP contribution < -0.4 is 0 Å². The van der Waals surface area contributed by atoms with E-state index in [9.17, 15) is 19.2 Å². The molecule has 2 aromatic heterocycles. The van der Waals surface area contributed by atoms with E-state index in [1.54, 1.807) is 0 Å². The molecule has 4 N–H and O–H groups in total. The van der Waals surface area contributed by atoms with E-state index in [0.29, 0.717) is 36.4 Å². The SMILES string of the molecule is CN1CCCC1c1cccnc1.CN1CCCC1c1cccnc1.O=C(O)/C=C/C(=O)O.O=C(O)/C=C/C(=O)O. The Bertz CT molecular complexity index is 1000. The summed E-state index contributed by atoms with van der Waals surface area (Å²) < 4.78 is 0. The van der Waals surface area contributed by atoms with Gasteiger partial charge >= 0.3 is 23.9 Å². The lowest BCUT2D eigenvalue weighted by Gasteiger charge is -2.18. The number of hydrogen-bond donors (Lipinski definition) is 4. The highest BCUT2D eigenvalue weighted by Crippen LogP contribution is 2.30. The normalized spacial score (nSPS) is 18.6. The fourth-order valence-electron chi connectivity index (χ4n) is 4.09. The fraction of sp³-hybridized carbons (Fsp3) is 0.357. The predicted molar refractivity (Wildman–Crippen MR) is 147 cm³/mol. The molecule has 0 aliphatic carbocycles. The first kappa shape index (κ1) is 33.6. The molecule has 2 atom stereocenters. The highest BCUT2D eigenvalue weighted by Gasteiger charge is 2.22. The summed E-state index contributed by atoms with van der Waals surface area (Å²) in [5.74, 6) is -5.03. The third-order valence-corrected chi connectivity index (χ3v) is 5.92. The van der Waals surface area contributed by atoms with E-state index in [0.717, 1.165) is 0 Å². The number of pyridine rings is 2. The third kappa shape index (κ3) is 14.5. The minimum Gasteiger partial charge on any atom is -0.478 e. The lowest BCUT2D eigenvalue weighted by atomic mass is 10.1. The van der Waals surface area contributed by atoms with Gasteiger partial charge in [0.2, 0.25) is 0 Å². The molecule has 0 radical (unpaired) electrons. The minimum absolute atomic E-state index is 0.558. The molecule has 12 nitrogen and oxygen atoms in total. The van der Waals surface area contributed by atoms with Crippen LogP contribution in [0.4, 0.5) is 0 Å². The van der Waals surface area contributed by atoms with E-state index < -0.39 is 23.9 Å². The van der Waals surface area contributed by atoms with Crippen molar-refractivity contribution in [1.82, 2.24) is 19.8 Å². The highest BCUT2D eigenvalue weighted by atomic mass is 16.4. The van der Waals surface area contributed by atoms with Crippen LogP contribution in [0.1, 0.15) is 48.9 Å². The van der Waals surface area contributed by atoms with E-state index in [2.05, 4.69) is 46.0 Å². The van der Waals surface area contributed by atoms with E-state index in [1.807, 2.05) is 36.9 Å². The van der Waals surface area contributed by atoms with Gasteiger partial charge in [0.05, 0.1) is 0 Å². The first-order chi connectivity index (χ1) is 19.0. The lowest BCUT2D eigenvalue weighted by molar-refractivity contribution is -0.134. The second-order valence-electron chi connectivity index (χ2n) is 8.87. The molecule has 2 unspecified atom stereocenters. The van der Waals surface area contributed by atoms with Crippen molar-refractivity contribution in [1.29, 1.82) is 0 Å². The number of carboxylic acids is 4. The van der Waals surface area contributed by atoms with Crippen molar-refractivity contribution in [2.75, 3.05) is 27.2 Å². The lowest BCUT2D eigenvalue weighted by Crippen LogP contribution is -2.17. The van der Waals surface area contributed by atoms with Crippen molar-refractivity contribution < 1.29 is 39.6 Å². The van der Waals surface area contributed by atoms with Gasteiger partial charge in [-0.05, 0) is 76.1 Å². The molecule has 2 saturated heterocycles. The molecule has 216 valence electrons. The van der Waals surface area contributed by atoms with Crippen LogP contribution in [-0.4, -0.2) is 91.3 Å². The van der Waals surface area contributed by atoms with Gasteiger partial charge in [0, 0.05) is 61.2 Å². The zero-order chi connectivity index (χ0) is 29.9. The standard InChI is InChI=1S/2C10H14N2.2C4H4O4/c2*1-12-7-3-5-10(12)9-4-2-6-11-8-9;2*5-3(6)1-2-4(7)8/h2*2,4,6,8,10H,3,5,7H2,1H3;2*1-2H,(H,5,6)(H,7,8)/b;;2*2-1+. The van der Waals surface area contributed by atoms with E-state index >= 15 is 0 Å². The van der Waals surface area contributed by atoms with Crippen LogP contribution in [0.15, 0.2) is 73.4 Å². The Morgan fingerprint density at radius 1 is 0.675 bits per heavy atom. The first-order valence-electron chi connectivity index (χ1n) is 12.5. The summed E-state index contributed by atoms with van der Waals surface area (Å²) in [5, 5.41) is 31.2. The maximum Gasteiger partial charge on any atom is 0.328 e. The number of nitrogens with zero attached hydrogens (tertiary/aromatic N) is 4. The molecule has 0 bridgehead atoms. The molecule has 4 rings (SSSR count). The molecule has 4 heterocycles. The summed E-state index contributed by atoms with van der Waals surface area (Å²) in [4.78, 5) is 51.3. The van der Waals surface area contributed by atoms with Gasteiger partial charge in [0.15, 0.2) is 0 Å². The van der Waals surface area contributed by atoms with Gasteiger partial charge in [-0.3, -0.25) is 19.8 Å². The number of carbonyl (C=O) groups is 4. The van der Waals surface area contributed by atoms with Crippen LogP contribution >= 0.6 is 0 Å². The molecule has 2 fully saturated rings. The van der Waals surface area contributed by atoms with Gasteiger partial charge in [-0.2, -0.15) is 0 Å². The molecule has 0 spiro atoms. The minimum atomic E-state index is -1.26. The summed E-state index contributed by atoms with van der Waals surface area (Å²) >= 11 is 0. The van der Waals surface area contributed by atoms with Crippen molar-refractivity contribution in [2.45, 2.75) is 37.8 Å². The Balaban J connectivity index is 0.000000273. The first-order valence-corrected chi connectivity index (χ1v) is 12.5. The van der Waals surface area contributed by atoms with E-state index in [4.69, 9.17) is 20.4 Å². The molecule has 0 saturated carbocycles. The summed E-state index contributed by atoms with van der Waals surface area (Å²) in [7, 11) is 4.37. The number of hydrogen-bond acceptors (Lipinski definition) is 8. The number of likely N-dealkylation sites (tertiary alicyclic amines) is 2. The van der Waals surface area contributed by atoms with Crippen molar-refractivity contribution in [2.24, 2.45) is 0 Å². The number of carboxylic acid groups (broad SMARTS) is 4. The van der Waals surface area contributed by atoms with Crippen LogP contribution in [0.3, 0.4) is 0 Å². The summed E-state index contributed by atoms with van der Waals surface area (Å²) in [5.41, 5.74) is 2.72. The second kappa shape index (κ2) is 18.8. The molecule has 40 heavy (non-hydrogen) atoms. The summed E-state index contributed by atoms with van der Waals surface area (Å²) in [6, 6.07) is 9.58. The van der Waals surface area contributed by atoms with Crippen LogP contribution in [0.25, 0.3) is 0 Å². The Morgan fingerprint density at radius 3 is 1.20 bits per heavy atom. The van der Waals surface area contributed by atoms with Crippen LogP contribution in [0, 0.1) is 0 Å². The van der Waals surface area contributed by atoms with Crippen molar-refractivity contribution >= 4 is 23.9 Å². The Kier molecular flexibility index (Phi) is 15.8. The van der Waals surface area contributed by atoms with Crippen molar-refractivity contribution in [3.05, 3.63) is 84.5 Å². The van der Waals surface area contributed by atoms with Gasteiger partial charge in [-0.15, -0.1) is 0 Å². The number of aliphatic carboxylic acids is 4. The third-order valence-electron chi connectivity index (χ3n) is 5.92. The summed E-state index contributed by atoms with van der Waals surface area (Å²) in [6.07, 6.45) is 15.0. The highest BCUT2D eigenvalue weighted by molar-refractivity contribution is 5.90. The van der Waals surface area contributed by atoms with E-state index in [1.165, 1.54) is 49.9 Å². The van der Waals surface area contributed by atoms with Gasteiger partial charge in [-0.1, -0.05) is 12.1 Å². The average Bonchev–Trinajstić information content (AvgIpc) is 3.56. The molecule has 2 aromatic rings. The fourth-order valence-corrected chi connectivity index (χ4v) is 4.09. The Hall–Kier alpha value is -4.42. The topological polar surface area (TPSA) is 181 Å². The molecule has 2 aliphatic rings. The molecule has 0 aromatic carbocycles. The predicted octanol–water partition coefficient (Wildman–Crippen LogP) is 3.12. The summed E-state index contributed by atoms with van der Waals surface area (Å²) in [6.45, 7) is 2.44. The molecular formula is C28H36N4O8. The van der Waals surface area contributed by atoms with Gasteiger partial charge in [0.1, 0.15) is 0 Å². The smallest absolute Gasteiger partial charge is 0.328 e. The molecule has 12 heteroatoms. The van der Waals surface area contributed by atoms with Crippen molar-refractivity contribution in [3.8, 4) is 0 Å². The zero-order valence-corrected chi connectivity index (χ0v) is 22.5. The number of rotatable bonds is 6. The quantitative estimate of drug-likeness (QED) is 0.382. The largest absolute Gasteiger partial charge is 0.478 e. The number of aromatic nitrogens is 2. The monoisotopic (exact) mass is 556 g/mol. The zero-order valence-electron chi connectivity index (χ0n) is 22.5.